The van der Waals surface area contributed by atoms with Crippen molar-refractivity contribution in [3.05, 3.63) is 41.3 Å². The maximum Gasteiger partial charge on any atom is 0.153 e. The standard InChI is InChI=1S/C15H21N3O/c1-4-5-13-8-12(10-19)9-15(16-13)18-7-6-14(17-18)11(2)3/h6-9,11,19H,4-5,10H2,1-3H3. The van der Waals surface area contributed by atoms with Crippen LogP contribution in [0.25, 0.3) is 5.82 Å². The first-order valence-electron chi connectivity index (χ1n) is 6.80. The van der Waals surface area contributed by atoms with E-state index in [4.69, 9.17) is 0 Å². The molecule has 0 unspecified atom stereocenters. The van der Waals surface area contributed by atoms with Crippen LogP contribution < -0.4 is 0 Å². The Morgan fingerprint density at radius 1 is 1.32 bits per heavy atom. The number of aliphatic hydroxyl groups is 1. The van der Waals surface area contributed by atoms with Gasteiger partial charge in [-0.1, -0.05) is 27.2 Å². The summed E-state index contributed by atoms with van der Waals surface area (Å²) in [5, 5.41) is 13.9. The van der Waals surface area contributed by atoms with Gasteiger partial charge >= 0.3 is 0 Å². The molecule has 0 fully saturated rings. The molecule has 0 atom stereocenters. The molecule has 2 rings (SSSR count). The zero-order valence-electron chi connectivity index (χ0n) is 11.8. The summed E-state index contributed by atoms with van der Waals surface area (Å²) in [5.74, 6) is 1.18. The molecule has 0 aliphatic carbocycles. The average molecular weight is 259 g/mol. The molecule has 19 heavy (non-hydrogen) atoms. The van der Waals surface area contributed by atoms with Gasteiger partial charge in [-0.3, -0.25) is 0 Å². The molecule has 2 heterocycles. The normalized spacial score (nSPS) is 11.2. The van der Waals surface area contributed by atoms with Gasteiger partial charge in [0.15, 0.2) is 5.82 Å². The third-order valence-electron chi connectivity index (χ3n) is 3.05. The maximum absolute atomic E-state index is 9.34. The fraction of sp³-hybridized carbons (Fsp3) is 0.467. The molecular formula is C15H21N3O. The van der Waals surface area contributed by atoms with Crippen molar-refractivity contribution < 1.29 is 5.11 Å². The van der Waals surface area contributed by atoms with Gasteiger partial charge in [0.2, 0.25) is 0 Å². The van der Waals surface area contributed by atoms with E-state index >= 15 is 0 Å². The molecule has 4 heteroatoms. The summed E-state index contributed by atoms with van der Waals surface area (Å²) in [7, 11) is 0. The Morgan fingerprint density at radius 3 is 2.68 bits per heavy atom. The molecule has 2 aromatic rings. The Bertz CT molecular complexity index is 546. The zero-order valence-corrected chi connectivity index (χ0v) is 11.8. The van der Waals surface area contributed by atoms with Gasteiger partial charge < -0.3 is 5.11 Å². The lowest BCUT2D eigenvalue weighted by Crippen LogP contribution is -2.04. The Hall–Kier alpha value is -1.68. The van der Waals surface area contributed by atoms with E-state index in [1.54, 1.807) is 4.68 Å². The molecule has 1 N–H and O–H groups in total. The third-order valence-corrected chi connectivity index (χ3v) is 3.05. The van der Waals surface area contributed by atoms with Crippen LogP contribution in [-0.2, 0) is 13.0 Å². The number of rotatable bonds is 5. The number of aliphatic hydroxyl groups excluding tert-OH is 1. The molecule has 102 valence electrons. The zero-order chi connectivity index (χ0) is 13.8. The third kappa shape index (κ3) is 3.20. The second-order valence-electron chi connectivity index (χ2n) is 5.07. The summed E-state index contributed by atoms with van der Waals surface area (Å²) >= 11 is 0. The minimum atomic E-state index is 0.0323. The van der Waals surface area contributed by atoms with Gasteiger partial charge in [0.1, 0.15) is 0 Å². The Kier molecular flexibility index (Phi) is 4.32. The molecule has 0 bridgehead atoms. The van der Waals surface area contributed by atoms with Crippen molar-refractivity contribution in [3.8, 4) is 5.82 Å². The lowest BCUT2D eigenvalue weighted by Gasteiger charge is -2.07. The minimum Gasteiger partial charge on any atom is -0.392 e. The number of hydrogen-bond acceptors (Lipinski definition) is 3. The van der Waals surface area contributed by atoms with Gasteiger partial charge in [-0.2, -0.15) is 5.10 Å². The molecule has 0 aromatic carbocycles. The van der Waals surface area contributed by atoms with Crippen molar-refractivity contribution in [3.63, 3.8) is 0 Å². The van der Waals surface area contributed by atoms with Crippen molar-refractivity contribution in [1.29, 1.82) is 0 Å². The summed E-state index contributed by atoms with van der Waals surface area (Å²) in [6.07, 6.45) is 3.88. The largest absolute Gasteiger partial charge is 0.392 e. The monoisotopic (exact) mass is 259 g/mol. The van der Waals surface area contributed by atoms with Crippen LogP contribution in [0.2, 0.25) is 0 Å². The van der Waals surface area contributed by atoms with Crippen LogP contribution in [0.3, 0.4) is 0 Å². The predicted octanol–water partition coefficient (Wildman–Crippen LogP) is 2.84. The first-order chi connectivity index (χ1) is 9.13. The van der Waals surface area contributed by atoms with E-state index in [0.29, 0.717) is 5.92 Å². The van der Waals surface area contributed by atoms with Gasteiger partial charge in [-0.15, -0.1) is 0 Å². The molecular weight excluding hydrogens is 238 g/mol. The quantitative estimate of drug-likeness (QED) is 0.898. The molecule has 0 amide bonds. The van der Waals surface area contributed by atoms with Crippen molar-refractivity contribution in [1.82, 2.24) is 14.8 Å². The SMILES string of the molecule is CCCc1cc(CO)cc(-n2ccc(C(C)C)n2)n1. The van der Waals surface area contributed by atoms with Gasteiger partial charge in [0, 0.05) is 11.9 Å². The first-order valence-corrected chi connectivity index (χ1v) is 6.80. The molecule has 0 saturated heterocycles. The van der Waals surface area contributed by atoms with E-state index in [1.807, 2.05) is 24.4 Å². The maximum atomic E-state index is 9.34. The van der Waals surface area contributed by atoms with E-state index in [2.05, 4.69) is 30.9 Å². The number of aromatic nitrogens is 3. The minimum absolute atomic E-state index is 0.0323. The highest BCUT2D eigenvalue weighted by atomic mass is 16.3. The van der Waals surface area contributed by atoms with E-state index in [0.717, 1.165) is 35.6 Å². The van der Waals surface area contributed by atoms with Crippen LogP contribution >= 0.6 is 0 Å². The summed E-state index contributed by atoms with van der Waals surface area (Å²) in [5.41, 5.74) is 2.94. The summed E-state index contributed by atoms with van der Waals surface area (Å²) in [6.45, 7) is 6.39. The van der Waals surface area contributed by atoms with E-state index in [1.165, 1.54) is 0 Å². The molecule has 0 aliphatic heterocycles. The molecule has 4 nitrogen and oxygen atoms in total. The topological polar surface area (TPSA) is 50.9 Å². The van der Waals surface area contributed by atoms with Crippen LogP contribution in [-0.4, -0.2) is 19.9 Å². The van der Waals surface area contributed by atoms with Crippen LogP contribution in [0.15, 0.2) is 24.4 Å². The highest BCUT2D eigenvalue weighted by Crippen LogP contribution is 2.15. The second-order valence-corrected chi connectivity index (χ2v) is 5.07. The van der Waals surface area contributed by atoms with Crippen molar-refractivity contribution >= 4 is 0 Å². The number of nitrogens with zero attached hydrogens (tertiary/aromatic N) is 3. The van der Waals surface area contributed by atoms with Crippen molar-refractivity contribution in [2.45, 2.75) is 46.1 Å². The summed E-state index contributed by atoms with van der Waals surface area (Å²) in [4.78, 5) is 4.60. The lowest BCUT2D eigenvalue weighted by molar-refractivity contribution is 0.281. The number of hydrogen-bond donors (Lipinski definition) is 1. The lowest BCUT2D eigenvalue weighted by atomic mass is 10.1. The smallest absolute Gasteiger partial charge is 0.153 e. The Balaban J connectivity index is 2.38. The van der Waals surface area contributed by atoms with Crippen LogP contribution in [0, 0.1) is 0 Å². The number of aryl methyl sites for hydroxylation is 1. The highest BCUT2D eigenvalue weighted by molar-refractivity contribution is 5.30. The van der Waals surface area contributed by atoms with Crippen molar-refractivity contribution in [2.75, 3.05) is 0 Å². The van der Waals surface area contributed by atoms with E-state index in [-0.39, 0.29) is 6.61 Å². The fourth-order valence-electron chi connectivity index (χ4n) is 2.00. The van der Waals surface area contributed by atoms with Crippen LogP contribution in [0.4, 0.5) is 0 Å². The molecule has 0 radical (unpaired) electrons. The Labute approximate surface area is 114 Å². The predicted molar refractivity (Wildman–Crippen MR) is 75.4 cm³/mol. The Morgan fingerprint density at radius 2 is 2.11 bits per heavy atom. The van der Waals surface area contributed by atoms with Crippen molar-refractivity contribution in [2.24, 2.45) is 0 Å². The molecule has 2 aromatic heterocycles. The van der Waals surface area contributed by atoms with Gasteiger partial charge in [0.25, 0.3) is 0 Å². The van der Waals surface area contributed by atoms with E-state index < -0.39 is 0 Å². The molecule has 0 aliphatic rings. The highest BCUT2D eigenvalue weighted by Gasteiger charge is 2.08. The van der Waals surface area contributed by atoms with Gasteiger partial charge in [-0.25, -0.2) is 9.67 Å². The summed E-state index contributed by atoms with van der Waals surface area (Å²) in [6, 6.07) is 5.85. The first kappa shape index (κ1) is 13.7. The van der Waals surface area contributed by atoms with E-state index in [9.17, 15) is 5.11 Å². The molecule has 0 spiro atoms. The van der Waals surface area contributed by atoms with Gasteiger partial charge in [-0.05, 0) is 36.1 Å². The van der Waals surface area contributed by atoms with Crippen LogP contribution in [0.5, 0.6) is 0 Å². The fourth-order valence-corrected chi connectivity index (χ4v) is 2.00. The number of pyridine rings is 1. The average Bonchev–Trinajstić information content (AvgIpc) is 2.88. The molecule has 0 saturated carbocycles. The van der Waals surface area contributed by atoms with Gasteiger partial charge in [0.05, 0.1) is 12.3 Å². The second kappa shape index (κ2) is 5.97. The van der Waals surface area contributed by atoms with Crippen LogP contribution in [0.1, 0.15) is 50.1 Å². The summed E-state index contributed by atoms with van der Waals surface area (Å²) < 4.78 is 1.79.